The zero-order valence-corrected chi connectivity index (χ0v) is 19.7. The fourth-order valence-electron chi connectivity index (χ4n) is 4.15. The average molecular weight is 481 g/mol. The second-order valence-electron chi connectivity index (χ2n) is 8.47. The van der Waals surface area contributed by atoms with Gasteiger partial charge in [0.2, 0.25) is 5.91 Å². The molecule has 36 heavy (non-hydrogen) atoms. The smallest absolute Gasteiger partial charge is 0.290 e. The van der Waals surface area contributed by atoms with Crippen molar-refractivity contribution in [3.8, 4) is 0 Å². The van der Waals surface area contributed by atoms with E-state index in [1.807, 2.05) is 48.5 Å². The summed E-state index contributed by atoms with van der Waals surface area (Å²) >= 11 is 0. The molecular formula is C28H24N4O4. The van der Waals surface area contributed by atoms with Gasteiger partial charge in [0.05, 0.1) is 24.6 Å². The van der Waals surface area contributed by atoms with E-state index in [-0.39, 0.29) is 24.2 Å². The quantitative estimate of drug-likeness (QED) is 0.360. The summed E-state index contributed by atoms with van der Waals surface area (Å²) in [7, 11) is 0. The van der Waals surface area contributed by atoms with E-state index in [1.165, 1.54) is 4.68 Å². The highest BCUT2D eigenvalue weighted by Gasteiger charge is 2.18. The molecule has 2 N–H and O–H groups in total. The van der Waals surface area contributed by atoms with Gasteiger partial charge in [0.25, 0.3) is 11.5 Å². The fourth-order valence-corrected chi connectivity index (χ4v) is 4.15. The van der Waals surface area contributed by atoms with Crippen molar-refractivity contribution in [3.05, 3.63) is 112 Å². The van der Waals surface area contributed by atoms with Gasteiger partial charge in [-0.1, -0.05) is 67.6 Å². The summed E-state index contributed by atoms with van der Waals surface area (Å²) in [6, 6.07) is 22.1. The first-order valence-corrected chi connectivity index (χ1v) is 11.7. The Morgan fingerprint density at radius 1 is 0.889 bits per heavy atom. The lowest BCUT2D eigenvalue weighted by Gasteiger charge is -2.12. The van der Waals surface area contributed by atoms with Gasteiger partial charge in [-0.25, -0.2) is 4.68 Å². The van der Waals surface area contributed by atoms with Crippen molar-refractivity contribution in [3.63, 3.8) is 0 Å². The number of nitrogens with zero attached hydrogens (tertiary/aromatic N) is 2. The molecule has 5 aromatic rings. The van der Waals surface area contributed by atoms with Crippen molar-refractivity contribution >= 4 is 33.6 Å². The minimum Gasteiger partial charge on any atom is -0.464 e. The summed E-state index contributed by atoms with van der Waals surface area (Å²) in [5.41, 5.74) is 8.09. The molecule has 0 atom stereocenters. The van der Waals surface area contributed by atoms with Crippen LogP contribution in [0.1, 0.15) is 34.1 Å². The third-order valence-corrected chi connectivity index (χ3v) is 6.05. The van der Waals surface area contributed by atoms with Gasteiger partial charge in [-0.05, 0) is 29.7 Å². The number of hydrogen-bond donors (Lipinski definition) is 2. The number of amides is 2. The van der Waals surface area contributed by atoms with Crippen molar-refractivity contribution in [2.45, 2.75) is 26.3 Å². The second kappa shape index (κ2) is 9.87. The molecule has 8 nitrogen and oxygen atoms in total. The number of rotatable bonds is 6. The van der Waals surface area contributed by atoms with Gasteiger partial charge in [-0.3, -0.25) is 25.2 Å². The third-order valence-electron chi connectivity index (χ3n) is 6.05. The highest BCUT2D eigenvalue weighted by Crippen LogP contribution is 2.23. The van der Waals surface area contributed by atoms with Crippen LogP contribution in [0.25, 0.3) is 21.7 Å². The number of aromatic nitrogens is 2. The zero-order chi connectivity index (χ0) is 25.1. The number of aryl methyl sites for hydroxylation is 1. The van der Waals surface area contributed by atoms with Crippen molar-refractivity contribution in [1.29, 1.82) is 0 Å². The molecule has 180 valence electrons. The monoisotopic (exact) mass is 480 g/mol. The number of hydrogen-bond acceptors (Lipinski definition) is 5. The standard InChI is InChI=1S/C28H24N4O4/c1-2-18-12-13-21-20(17-36-24(21)14-18)15-25(33)29-30-27(34)26-22-10-6-7-11-23(22)28(35)32(31-26)16-19-8-4-3-5-9-19/h3-14,17H,2,15-16H2,1H3,(H,29,33)(H,30,34). The van der Waals surface area contributed by atoms with Crippen LogP contribution < -0.4 is 16.4 Å². The largest absolute Gasteiger partial charge is 0.464 e. The second-order valence-corrected chi connectivity index (χ2v) is 8.47. The van der Waals surface area contributed by atoms with Crippen LogP contribution in [0.4, 0.5) is 0 Å². The maximum Gasteiger partial charge on any atom is 0.290 e. The Kier molecular flexibility index (Phi) is 6.32. The topological polar surface area (TPSA) is 106 Å². The lowest BCUT2D eigenvalue weighted by Crippen LogP contribution is -2.43. The van der Waals surface area contributed by atoms with Crippen LogP contribution in [-0.4, -0.2) is 21.6 Å². The minimum absolute atomic E-state index is 0.0282. The first-order valence-electron chi connectivity index (χ1n) is 11.7. The van der Waals surface area contributed by atoms with E-state index in [1.54, 1.807) is 30.5 Å². The van der Waals surface area contributed by atoms with E-state index in [0.717, 1.165) is 34.1 Å². The molecule has 0 radical (unpaired) electrons. The Morgan fingerprint density at radius 3 is 2.42 bits per heavy atom. The van der Waals surface area contributed by atoms with E-state index in [4.69, 9.17) is 4.42 Å². The Bertz CT molecular complexity index is 1640. The lowest BCUT2D eigenvalue weighted by molar-refractivity contribution is -0.121. The first-order chi connectivity index (χ1) is 17.5. The number of hydrazine groups is 1. The lowest BCUT2D eigenvalue weighted by atomic mass is 10.1. The number of nitrogens with one attached hydrogen (secondary N) is 2. The molecule has 0 aliphatic rings. The Labute approximate surface area is 206 Å². The summed E-state index contributed by atoms with van der Waals surface area (Å²) in [5, 5.41) is 5.97. The summed E-state index contributed by atoms with van der Waals surface area (Å²) < 4.78 is 6.86. The number of fused-ring (bicyclic) bond motifs is 2. The van der Waals surface area contributed by atoms with Crippen molar-refractivity contribution in [2.75, 3.05) is 0 Å². The molecule has 2 amide bonds. The van der Waals surface area contributed by atoms with Gasteiger partial charge >= 0.3 is 0 Å². The Morgan fingerprint density at radius 2 is 1.64 bits per heavy atom. The SMILES string of the molecule is CCc1ccc2c(CC(=O)NNC(=O)c3nn(Cc4ccccc4)c(=O)c4ccccc34)coc2c1. The Balaban J connectivity index is 1.35. The third kappa shape index (κ3) is 4.61. The normalized spacial score (nSPS) is 11.0. The van der Waals surface area contributed by atoms with Gasteiger partial charge in [-0.15, -0.1) is 0 Å². The predicted molar refractivity (Wildman–Crippen MR) is 136 cm³/mol. The molecule has 3 aromatic carbocycles. The molecule has 2 aromatic heterocycles. The van der Waals surface area contributed by atoms with Crippen LogP contribution in [0.5, 0.6) is 0 Å². The van der Waals surface area contributed by atoms with Crippen molar-refractivity contribution < 1.29 is 14.0 Å². The van der Waals surface area contributed by atoms with Gasteiger partial charge in [0.15, 0.2) is 5.69 Å². The predicted octanol–water partition coefficient (Wildman–Crippen LogP) is 3.76. The highest BCUT2D eigenvalue weighted by molar-refractivity contribution is 6.05. The molecule has 0 saturated carbocycles. The summed E-state index contributed by atoms with van der Waals surface area (Å²) in [6.07, 6.45) is 2.47. The summed E-state index contributed by atoms with van der Waals surface area (Å²) in [5.74, 6) is -1.03. The molecular weight excluding hydrogens is 456 g/mol. The molecule has 0 unspecified atom stereocenters. The number of furan rings is 1. The van der Waals surface area contributed by atoms with Crippen molar-refractivity contribution in [2.24, 2.45) is 0 Å². The van der Waals surface area contributed by atoms with E-state index < -0.39 is 11.8 Å². The minimum atomic E-state index is -0.619. The Hall–Kier alpha value is -4.72. The van der Waals surface area contributed by atoms with E-state index in [0.29, 0.717) is 10.8 Å². The molecule has 5 rings (SSSR count). The summed E-state index contributed by atoms with van der Waals surface area (Å²) in [4.78, 5) is 38.6. The van der Waals surface area contributed by atoms with Crippen molar-refractivity contribution in [1.82, 2.24) is 20.6 Å². The number of carbonyl (C=O) groups excluding carboxylic acids is 2. The van der Waals surface area contributed by atoms with Crippen LogP contribution in [0.15, 0.2) is 88.3 Å². The van der Waals surface area contributed by atoms with Crippen LogP contribution in [0, 0.1) is 0 Å². The van der Waals surface area contributed by atoms with Crippen LogP contribution in [0.2, 0.25) is 0 Å². The summed E-state index contributed by atoms with van der Waals surface area (Å²) in [6.45, 7) is 2.28. The molecule has 0 aliphatic carbocycles. The first kappa shape index (κ1) is 23.0. The molecule has 0 spiro atoms. The number of benzene rings is 3. The molecule has 0 aliphatic heterocycles. The van der Waals surface area contributed by atoms with Crippen LogP contribution >= 0.6 is 0 Å². The number of carbonyl (C=O) groups is 2. The maximum atomic E-state index is 13.0. The molecule has 0 fully saturated rings. The van der Waals surface area contributed by atoms with E-state index in [9.17, 15) is 14.4 Å². The molecule has 8 heteroatoms. The van der Waals surface area contributed by atoms with Gasteiger partial charge in [0, 0.05) is 16.3 Å². The van der Waals surface area contributed by atoms with Gasteiger partial charge in [-0.2, -0.15) is 5.10 Å². The fraction of sp³-hybridized carbons (Fsp3) is 0.143. The van der Waals surface area contributed by atoms with Crippen LogP contribution in [-0.2, 0) is 24.2 Å². The molecule has 2 heterocycles. The molecule has 0 saturated heterocycles. The van der Waals surface area contributed by atoms with E-state index >= 15 is 0 Å². The maximum absolute atomic E-state index is 13.0. The zero-order valence-electron chi connectivity index (χ0n) is 19.7. The van der Waals surface area contributed by atoms with Gasteiger partial charge in [0.1, 0.15) is 5.58 Å². The van der Waals surface area contributed by atoms with Crippen LogP contribution in [0.3, 0.4) is 0 Å². The van der Waals surface area contributed by atoms with Gasteiger partial charge < -0.3 is 4.42 Å². The molecule has 0 bridgehead atoms. The van der Waals surface area contributed by atoms with E-state index in [2.05, 4.69) is 22.9 Å². The highest BCUT2D eigenvalue weighted by atomic mass is 16.3. The average Bonchev–Trinajstić information content (AvgIpc) is 3.31.